The van der Waals surface area contributed by atoms with Gasteiger partial charge in [-0.05, 0) is 64.7 Å². The molecule has 0 saturated heterocycles. The van der Waals surface area contributed by atoms with E-state index >= 15 is 0 Å². The number of ether oxygens (including phenoxy) is 1. The Labute approximate surface area is 151 Å². The molecule has 0 aromatic heterocycles. The maximum Gasteiger partial charge on any atom is 0.315 e. The van der Waals surface area contributed by atoms with Crippen LogP contribution in [0, 0.1) is 11.3 Å². The minimum absolute atomic E-state index is 0.0705. The molecule has 1 unspecified atom stereocenters. The molecule has 0 bridgehead atoms. The van der Waals surface area contributed by atoms with Crippen LogP contribution in [0.1, 0.15) is 65.7 Å². The summed E-state index contributed by atoms with van der Waals surface area (Å²) < 4.78 is 5.23. The predicted molar refractivity (Wildman–Crippen MR) is 97.3 cm³/mol. The van der Waals surface area contributed by atoms with Crippen LogP contribution in [-0.2, 0) is 9.53 Å². The van der Waals surface area contributed by atoms with Crippen LogP contribution >= 0.6 is 11.6 Å². The highest BCUT2D eigenvalue weighted by atomic mass is 35.5. The lowest BCUT2D eigenvalue weighted by atomic mass is 9.76. The fraction of sp³-hybridized carbons (Fsp3) is 0.889. The second-order valence-electron chi connectivity index (χ2n) is 6.98. The number of hydrogen-bond acceptors (Lipinski definition) is 3. The van der Waals surface area contributed by atoms with Crippen molar-refractivity contribution in [1.29, 1.82) is 0 Å². The molecule has 1 aliphatic rings. The summed E-state index contributed by atoms with van der Waals surface area (Å²) in [5, 5.41) is 5.74. The molecule has 0 aromatic carbocycles. The highest BCUT2D eigenvalue weighted by Gasteiger charge is 2.34. The van der Waals surface area contributed by atoms with E-state index in [2.05, 4.69) is 17.6 Å². The lowest BCUT2D eigenvalue weighted by molar-refractivity contribution is -0.155. The third-order valence-electron chi connectivity index (χ3n) is 5.21. The zero-order chi connectivity index (χ0) is 18.0. The fourth-order valence-electron chi connectivity index (χ4n) is 3.24. The molecule has 0 radical (unpaired) electrons. The summed E-state index contributed by atoms with van der Waals surface area (Å²) in [6, 6.07) is 0.124. The first-order chi connectivity index (χ1) is 11.4. The summed E-state index contributed by atoms with van der Waals surface area (Å²) in [5.41, 5.74) is -0.368. The summed E-state index contributed by atoms with van der Waals surface area (Å²) in [6.07, 6.45) is 6.94. The van der Waals surface area contributed by atoms with E-state index in [4.69, 9.17) is 16.3 Å². The Kier molecular flexibility index (Phi) is 9.49. The molecule has 0 heterocycles. The summed E-state index contributed by atoms with van der Waals surface area (Å²) >= 11 is 5.56. The highest BCUT2D eigenvalue weighted by Crippen LogP contribution is 2.35. The van der Waals surface area contributed by atoms with E-state index in [0.717, 1.165) is 44.9 Å². The lowest BCUT2D eigenvalue weighted by Gasteiger charge is -2.32. The van der Waals surface area contributed by atoms with Crippen molar-refractivity contribution in [2.24, 2.45) is 11.3 Å². The number of alkyl halides is 1. The second kappa shape index (κ2) is 10.8. The maximum absolute atomic E-state index is 12.1. The Bertz CT molecular complexity index is 398. The van der Waals surface area contributed by atoms with Crippen molar-refractivity contribution in [3.63, 3.8) is 0 Å². The maximum atomic E-state index is 12.1. The van der Waals surface area contributed by atoms with Crippen molar-refractivity contribution in [3.05, 3.63) is 0 Å². The minimum atomic E-state index is -0.368. The van der Waals surface area contributed by atoms with Crippen LogP contribution in [0.5, 0.6) is 0 Å². The molecule has 6 heteroatoms. The average Bonchev–Trinajstić information content (AvgIpc) is 2.59. The van der Waals surface area contributed by atoms with E-state index in [1.54, 1.807) is 0 Å². The molecule has 1 rings (SSSR count). The summed E-state index contributed by atoms with van der Waals surface area (Å²) in [5.74, 6) is 0.990. The Morgan fingerprint density at radius 2 is 1.88 bits per heavy atom. The molecule has 0 aromatic rings. The van der Waals surface area contributed by atoms with E-state index in [1.165, 1.54) is 0 Å². The molecule has 1 atom stereocenters. The summed E-state index contributed by atoms with van der Waals surface area (Å²) in [4.78, 5) is 23.8. The minimum Gasteiger partial charge on any atom is -0.466 e. The van der Waals surface area contributed by atoms with Crippen LogP contribution < -0.4 is 10.6 Å². The largest absolute Gasteiger partial charge is 0.466 e. The summed E-state index contributed by atoms with van der Waals surface area (Å²) in [7, 11) is 0. The van der Waals surface area contributed by atoms with E-state index in [0.29, 0.717) is 24.9 Å². The number of esters is 1. The van der Waals surface area contributed by atoms with Crippen molar-refractivity contribution in [2.75, 3.05) is 19.0 Å². The average molecular weight is 361 g/mol. The quantitative estimate of drug-likeness (QED) is 0.485. The van der Waals surface area contributed by atoms with E-state index in [1.807, 2.05) is 13.8 Å². The highest BCUT2D eigenvalue weighted by molar-refractivity contribution is 6.18. The van der Waals surface area contributed by atoms with Crippen LogP contribution in [0.2, 0.25) is 0 Å². The fourth-order valence-corrected chi connectivity index (χ4v) is 3.34. The van der Waals surface area contributed by atoms with Gasteiger partial charge in [0, 0.05) is 18.5 Å². The van der Waals surface area contributed by atoms with Crippen LogP contribution in [0.15, 0.2) is 0 Å². The lowest BCUT2D eigenvalue weighted by Crippen LogP contribution is -2.44. The normalized spacial score (nSPS) is 23.2. The number of carbonyl (C=O) groups excluding carboxylic acids is 2. The van der Waals surface area contributed by atoms with Crippen molar-refractivity contribution in [1.82, 2.24) is 10.6 Å². The van der Waals surface area contributed by atoms with Gasteiger partial charge in [-0.3, -0.25) is 4.79 Å². The molecule has 1 fully saturated rings. The van der Waals surface area contributed by atoms with Gasteiger partial charge in [-0.15, -0.1) is 11.6 Å². The van der Waals surface area contributed by atoms with Gasteiger partial charge in [0.2, 0.25) is 0 Å². The summed E-state index contributed by atoms with van der Waals surface area (Å²) in [6.45, 7) is 6.85. The Morgan fingerprint density at radius 1 is 1.21 bits per heavy atom. The van der Waals surface area contributed by atoms with E-state index in [-0.39, 0.29) is 23.5 Å². The Hall–Kier alpha value is -0.970. The second-order valence-corrected chi connectivity index (χ2v) is 7.36. The molecule has 140 valence electrons. The molecular weight excluding hydrogens is 328 g/mol. The van der Waals surface area contributed by atoms with Crippen molar-refractivity contribution in [3.8, 4) is 0 Å². The Morgan fingerprint density at radius 3 is 2.42 bits per heavy atom. The SMILES string of the molecule is CCOC(=O)C(C)(CC)CCC1CCC(NC(=O)NCCCl)CC1. The number of halogens is 1. The number of hydrogen-bond donors (Lipinski definition) is 2. The number of nitrogens with one attached hydrogen (secondary N) is 2. The van der Waals surface area contributed by atoms with Crippen LogP contribution in [0.4, 0.5) is 4.79 Å². The smallest absolute Gasteiger partial charge is 0.315 e. The topological polar surface area (TPSA) is 67.4 Å². The van der Waals surface area contributed by atoms with Crippen LogP contribution in [-0.4, -0.2) is 37.1 Å². The molecule has 1 aliphatic carbocycles. The van der Waals surface area contributed by atoms with Crippen LogP contribution in [0.25, 0.3) is 0 Å². The first-order valence-corrected chi connectivity index (χ1v) is 9.76. The van der Waals surface area contributed by atoms with Gasteiger partial charge >= 0.3 is 12.0 Å². The molecular formula is C18H33ClN2O3. The van der Waals surface area contributed by atoms with Gasteiger partial charge < -0.3 is 15.4 Å². The third-order valence-corrected chi connectivity index (χ3v) is 5.40. The van der Waals surface area contributed by atoms with Gasteiger partial charge in [0.15, 0.2) is 0 Å². The monoisotopic (exact) mass is 360 g/mol. The first-order valence-electron chi connectivity index (χ1n) is 9.22. The Balaban J connectivity index is 2.32. The zero-order valence-electron chi connectivity index (χ0n) is 15.3. The molecule has 1 saturated carbocycles. The number of carbonyl (C=O) groups is 2. The molecule has 2 amide bonds. The van der Waals surface area contributed by atoms with Crippen molar-refractivity contribution < 1.29 is 14.3 Å². The van der Waals surface area contributed by atoms with Gasteiger partial charge in [0.25, 0.3) is 0 Å². The molecule has 5 nitrogen and oxygen atoms in total. The van der Waals surface area contributed by atoms with Gasteiger partial charge in [0.1, 0.15) is 0 Å². The van der Waals surface area contributed by atoms with Gasteiger partial charge in [-0.25, -0.2) is 4.79 Å². The number of amides is 2. The molecule has 0 spiro atoms. The molecule has 24 heavy (non-hydrogen) atoms. The standard InChI is InChI=1S/C18H33ClN2O3/c1-4-18(3,16(22)24-5-2)11-10-14-6-8-15(9-7-14)21-17(23)20-13-12-19/h14-15H,4-13H2,1-3H3,(H2,20,21,23). The third kappa shape index (κ3) is 6.88. The van der Waals surface area contributed by atoms with Gasteiger partial charge in [-0.1, -0.05) is 6.92 Å². The van der Waals surface area contributed by atoms with Gasteiger partial charge in [0.05, 0.1) is 12.0 Å². The van der Waals surface area contributed by atoms with Crippen molar-refractivity contribution >= 4 is 23.6 Å². The molecule has 2 N–H and O–H groups in total. The number of rotatable bonds is 9. The predicted octanol–water partition coefficient (Wildman–Crippen LogP) is 3.84. The zero-order valence-corrected chi connectivity index (χ0v) is 16.1. The van der Waals surface area contributed by atoms with Crippen LogP contribution in [0.3, 0.4) is 0 Å². The number of urea groups is 1. The van der Waals surface area contributed by atoms with E-state index < -0.39 is 0 Å². The van der Waals surface area contributed by atoms with Crippen molar-refractivity contribution in [2.45, 2.75) is 71.8 Å². The first kappa shape index (κ1) is 21.1. The van der Waals surface area contributed by atoms with Gasteiger partial charge in [-0.2, -0.15) is 0 Å². The van der Waals surface area contributed by atoms with E-state index in [9.17, 15) is 9.59 Å². The molecule has 0 aliphatic heterocycles.